The molecule has 27 heavy (non-hydrogen) atoms. The van der Waals surface area contributed by atoms with E-state index in [9.17, 15) is 13.2 Å². The summed E-state index contributed by atoms with van der Waals surface area (Å²) in [4.78, 5) is 14.8. The van der Waals surface area contributed by atoms with Crippen molar-refractivity contribution < 1.29 is 17.6 Å². The summed E-state index contributed by atoms with van der Waals surface area (Å²) >= 11 is 0. The van der Waals surface area contributed by atoms with Gasteiger partial charge in [-0.05, 0) is 49.6 Å². The summed E-state index contributed by atoms with van der Waals surface area (Å²) in [6.45, 7) is 2.55. The average Bonchev–Trinajstić information content (AvgIpc) is 3.33. The van der Waals surface area contributed by atoms with Crippen LogP contribution < -0.4 is 5.32 Å². The second kappa shape index (κ2) is 7.84. The molecule has 1 aliphatic carbocycles. The van der Waals surface area contributed by atoms with Crippen molar-refractivity contribution in [2.45, 2.75) is 37.2 Å². The van der Waals surface area contributed by atoms with Gasteiger partial charge < -0.3 is 9.73 Å². The zero-order valence-electron chi connectivity index (χ0n) is 15.8. The van der Waals surface area contributed by atoms with E-state index in [2.05, 4.69) is 10.2 Å². The summed E-state index contributed by atoms with van der Waals surface area (Å²) < 4.78 is 31.4. The number of sulfonamides is 1. The first-order valence-corrected chi connectivity index (χ1v) is 10.3. The van der Waals surface area contributed by atoms with Crippen molar-refractivity contribution in [2.75, 3.05) is 26.0 Å². The average molecular weight is 391 g/mol. The minimum atomic E-state index is -3.57. The number of rotatable bonds is 8. The lowest BCUT2D eigenvalue weighted by atomic mass is 10.2. The van der Waals surface area contributed by atoms with E-state index in [1.807, 2.05) is 12.1 Å². The topological polar surface area (TPSA) is 82.9 Å². The van der Waals surface area contributed by atoms with Crippen LogP contribution in [0.25, 0.3) is 0 Å². The third kappa shape index (κ3) is 4.77. The predicted octanol–water partition coefficient (Wildman–Crippen LogP) is 2.44. The van der Waals surface area contributed by atoms with Crippen LogP contribution in [-0.2, 0) is 21.4 Å². The zero-order valence-corrected chi connectivity index (χ0v) is 16.6. The van der Waals surface area contributed by atoms with E-state index < -0.39 is 10.0 Å². The SMILES string of the molecule is Cc1ccc(NC(=O)CN(Cc2ccco2)C2CC2)cc1S(=O)(=O)N(C)C. The molecule has 0 saturated heterocycles. The number of nitrogens with one attached hydrogen (secondary N) is 1. The molecule has 1 amide bonds. The Labute approximate surface area is 160 Å². The van der Waals surface area contributed by atoms with Crippen molar-refractivity contribution in [1.29, 1.82) is 0 Å². The Morgan fingerprint density at radius 3 is 2.59 bits per heavy atom. The second-order valence-corrected chi connectivity index (χ2v) is 9.15. The molecule has 1 fully saturated rings. The van der Waals surface area contributed by atoms with Crippen LogP contribution in [0.4, 0.5) is 5.69 Å². The summed E-state index contributed by atoms with van der Waals surface area (Å²) in [6.07, 6.45) is 3.77. The van der Waals surface area contributed by atoms with Crippen molar-refractivity contribution in [3.63, 3.8) is 0 Å². The summed E-state index contributed by atoms with van der Waals surface area (Å²) in [6, 6.07) is 9.05. The summed E-state index contributed by atoms with van der Waals surface area (Å²) in [7, 11) is -0.591. The maximum Gasteiger partial charge on any atom is 0.242 e. The van der Waals surface area contributed by atoms with E-state index in [1.54, 1.807) is 25.3 Å². The number of nitrogens with zero attached hydrogens (tertiary/aromatic N) is 2. The Bertz CT molecular complexity index is 903. The molecule has 0 radical (unpaired) electrons. The van der Waals surface area contributed by atoms with Crippen LogP contribution in [0.3, 0.4) is 0 Å². The highest BCUT2D eigenvalue weighted by Crippen LogP contribution is 2.28. The van der Waals surface area contributed by atoms with Crippen molar-refractivity contribution in [2.24, 2.45) is 0 Å². The van der Waals surface area contributed by atoms with Gasteiger partial charge >= 0.3 is 0 Å². The Balaban J connectivity index is 1.70. The normalized spacial score (nSPS) is 14.7. The lowest BCUT2D eigenvalue weighted by Gasteiger charge is -2.20. The molecule has 0 atom stereocenters. The van der Waals surface area contributed by atoms with E-state index in [-0.39, 0.29) is 17.3 Å². The molecule has 0 spiro atoms. The van der Waals surface area contributed by atoms with Gasteiger partial charge in [-0.2, -0.15) is 0 Å². The number of hydrogen-bond donors (Lipinski definition) is 1. The highest BCUT2D eigenvalue weighted by Gasteiger charge is 2.31. The molecule has 1 aliphatic rings. The molecule has 8 heteroatoms. The molecule has 0 unspecified atom stereocenters. The van der Waals surface area contributed by atoms with Gasteiger partial charge in [0, 0.05) is 25.8 Å². The van der Waals surface area contributed by atoms with Crippen LogP contribution in [0.5, 0.6) is 0 Å². The number of furan rings is 1. The lowest BCUT2D eigenvalue weighted by molar-refractivity contribution is -0.117. The molecular formula is C19H25N3O4S. The summed E-state index contributed by atoms with van der Waals surface area (Å²) in [5.74, 6) is 0.648. The Morgan fingerprint density at radius 1 is 1.26 bits per heavy atom. The molecule has 1 heterocycles. The van der Waals surface area contributed by atoms with Gasteiger partial charge in [-0.3, -0.25) is 9.69 Å². The fourth-order valence-electron chi connectivity index (χ4n) is 2.89. The molecule has 1 aromatic heterocycles. The lowest BCUT2D eigenvalue weighted by Crippen LogP contribution is -2.34. The van der Waals surface area contributed by atoms with Crippen LogP contribution >= 0.6 is 0 Å². The fourth-order valence-corrected chi connectivity index (χ4v) is 4.04. The van der Waals surface area contributed by atoms with Gasteiger partial charge in [0.05, 0.1) is 24.2 Å². The molecule has 0 aliphatic heterocycles. The molecule has 2 aromatic rings. The minimum Gasteiger partial charge on any atom is -0.468 e. The monoisotopic (exact) mass is 391 g/mol. The van der Waals surface area contributed by atoms with Gasteiger partial charge in [-0.15, -0.1) is 0 Å². The van der Waals surface area contributed by atoms with Gasteiger partial charge in [0.1, 0.15) is 5.76 Å². The van der Waals surface area contributed by atoms with Crippen LogP contribution in [0.15, 0.2) is 45.9 Å². The Hall–Kier alpha value is -2.16. The number of amides is 1. The van der Waals surface area contributed by atoms with E-state index >= 15 is 0 Å². The van der Waals surface area contributed by atoms with Gasteiger partial charge in [0.15, 0.2) is 0 Å². The van der Waals surface area contributed by atoms with Gasteiger partial charge in [-0.25, -0.2) is 12.7 Å². The van der Waals surface area contributed by atoms with Crippen molar-refractivity contribution in [3.8, 4) is 0 Å². The molecule has 1 saturated carbocycles. The molecular weight excluding hydrogens is 366 g/mol. The van der Waals surface area contributed by atoms with Crippen molar-refractivity contribution in [1.82, 2.24) is 9.21 Å². The first-order chi connectivity index (χ1) is 12.8. The maximum absolute atomic E-state index is 12.5. The highest BCUT2D eigenvalue weighted by molar-refractivity contribution is 7.89. The number of carbonyl (C=O) groups excluding carboxylic acids is 1. The van der Waals surface area contributed by atoms with E-state index in [0.717, 1.165) is 18.6 Å². The molecule has 1 N–H and O–H groups in total. The van der Waals surface area contributed by atoms with Crippen molar-refractivity contribution >= 4 is 21.6 Å². The quantitative estimate of drug-likeness (QED) is 0.747. The number of aryl methyl sites for hydroxylation is 1. The maximum atomic E-state index is 12.5. The third-order valence-corrected chi connectivity index (χ3v) is 6.54. The number of hydrogen-bond acceptors (Lipinski definition) is 5. The van der Waals surface area contributed by atoms with E-state index in [4.69, 9.17) is 4.42 Å². The van der Waals surface area contributed by atoms with Gasteiger partial charge in [-0.1, -0.05) is 6.07 Å². The van der Waals surface area contributed by atoms with Gasteiger partial charge in [0.2, 0.25) is 15.9 Å². The minimum absolute atomic E-state index is 0.175. The molecule has 0 bridgehead atoms. The first-order valence-electron chi connectivity index (χ1n) is 8.87. The Morgan fingerprint density at radius 2 is 2.00 bits per heavy atom. The standard InChI is InChI=1S/C19H25N3O4S/c1-14-6-7-15(11-18(14)27(24,25)21(2)3)20-19(23)13-22(16-8-9-16)12-17-5-4-10-26-17/h4-7,10-11,16H,8-9,12-13H2,1-3H3,(H,20,23). The fraction of sp³-hybridized carbons (Fsp3) is 0.421. The second-order valence-electron chi connectivity index (χ2n) is 7.03. The smallest absolute Gasteiger partial charge is 0.242 e. The van der Waals surface area contributed by atoms with Gasteiger partial charge in [0.25, 0.3) is 0 Å². The Kier molecular flexibility index (Phi) is 5.69. The number of benzene rings is 1. The predicted molar refractivity (Wildman–Crippen MR) is 103 cm³/mol. The summed E-state index contributed by atoms with van der Waals surface area (Å²) in [5.41, 5.74) is 1.11. The molecule has 7 nitrogen and oxygen atoms in total. The number of anilines is 1. The van der Waals surface area contributed by atoms with Crippen LogP contribution in [0.2, 0.25) is 0 Å². The zero-order chi connectivity index (χ0) is 19.6. The molecule has 146 valence electrons. The van der Waals surface area contributed by atoms with E-state index in [1.165, 1.54) is 24.5 Å². The largest absolute Gasteiger partial charge is 0.468 e. The summed E-state index contributed by atoms with van der Waals surface area (Å²) in [5, 5.41) is 2.82. The highest BCUT2D eigenvalue weighted by atomic mass is 32.2. The molecule has 3 rings (SSSR count). The third-order valence-electron chi connectivity index (χ3n) is 4.58. The van der Waals surface area contributed by atoms with Crippen LogP contribution in [-0.4, -0.2) is 50.2 Å². The van der Waals surface area contributed by atoms with Crippen LogP contribution in [0, 0.1) is 6.92 Å². The van der Waals surface area contributed by atoms with Crippen molar-refractivity contribution in [3.05, 3.63) is 47.9 Å². The number of carbonyl (C=O) groups is 1. The van der Waals surface area contributed by atoms with E-state index in [0.29, 0.717) is 23.8 Å². The molecule has 1 aromatic carbocycles. The first kappa shape index (κ1) is 19.6. The van der Waals surface area contributed by atoms with Crippen LogP contribution in [0.1, 0.15) is 24.2 Å².